The van der Waals surface area contributed by atoms with E-state index in [9.17, 15) is 4.79 Å². The predicted molar refractivity (Wildman–Crippen MR) is 69.6 cm³/mol. The Morgan fingerprint density at radius 2 is 2.38 bits per heavy atom. The van der Waals surface area contributed by atoms with Crippen LogP contribution in [0.25, 0.3) is 0 Å². The summed E-state index contributed by atoms with van der Waals surface area (Å²) in [5.74, 6) is -0.178. The van der Waals surface area contributed by atoms with E-state index in [4.69, 9.17) is 0 Å². The summed E-state index contributed by atoms with van der Waals surface area (Å²) in [6.45, 7) is 4.17. The van der Waals surface area contributed by atoms with Crippen molar-refractivity contribution < 1.29 is 9.53 Å². The molecule has 0 spiro atoms. The molecule has 1 aromatic rings. The Morgan fingerprint density at radius 1 is 1.62 bits per heavy atom. The molecule has 0 aliphatic rings. The van der Waals surface area contributed by atoms with Crippen LogP contribution in [0.15, 0.2) is 15.2 Å². The Balaban J connectivity index is 2.53. The lowest BCUT2D eigenvalue weighted by Gasteiger charge is -2.19. The summed E-state index contributed by atoms with van der Waals surface area (Å²) in [6.07, 6.45) is 1.03. The van der Waals surface area contributed by atoms with E-state index in [0.717, 1.165) is 23.3 Å². The topological polar surface area (TPSA) is 29.5 Å². The maximum absolute atomic E-state index is 11.2. The smallest absolute Gasteiger partial charge is 0.319 e. The summed E-state index contributed by atoms with van der Waals surface area (Å²) in [5.41, 5.74) is 1.23. The summed E-state index contributed by atoms with van der Waals surface area (Å²) >= 11 is 5.10. The third-order valence-corrected chi connectivity index (χ3v) is 3.70. The molecule has 1 heterocycles. The van der Waals surface area contributed by atoms with Gasteiger partial charge in [0.15, 0.2) is 0 Å². The van der Waals surface area contributed by atoms with Gasteiger partial charge in [-0.15, -0.1) is 11.3 Å². The van der Waals surface area contributed by atoms with Gasteiger partial charge in [0.05, 0.1) is 17.4 Å². The monoisotopic (exact) mass is 305 g/mol. The molecule has 0 saturated heterocycles. The Kier molecular flexibility index (Phi) is 6.01. The van der Waals surface area contributed by atoms with Crippen LogP contribution in [0.3, 0.4) is 0 Å². The lowest BCUT2D eigenvalue weighted by atomic mass is 10.3. The molecule has 1 aromatic heterocycles. The fourth-order valence-electron chi connectivity index (χ4n) is 1.46. The molecule has 3 nitrogen and oxygen atoms in total. The van der Waals surface area contributed by atoms with Gasteiger partial charge in [0, 0.05) is 6.54 Å². The molecule has 16 heavy (non-hydrogen) atoms. The molecule has 0 aromatic carbocycles. The van der Waals surface area contributed by atoms with Gasteiger partial charge in [-0.2, -0.15) is 0 Å². The van der Waals surface area contributed by atoms with Crippen molar-refractivity contribution in [3.8, 4) is 0 Å². The summed E-state index contributed by atoms with van der Waals surface area (Å²) < 4.78 is 5.80. The first-order chi connectivity index (χ1) is 7.65. The van der Waals surface area contributed by atoms with Crippen LogP contribution < -0.4 is 0 Å². The average molecular weight is 306 g/mol. The highest BCUT2D eigenvalue weighted by atomic mass is 79.9. The minimum absolute atomic E-state index is 0.178. The van der Waals surface area contributed by atoms with Gasteiger partial charge in [0.25, 0.3) is 0 Å². The van der Waals surface area contributed by atoms with Crippen LogP contribution in [0.2, 0.25) is 0 Å². The van der Waals surface area contributed by atoms with Crippen LogP contribution in [0.5, 0.6) is 0 Å². The molecular weight excluding hydrogens is 290 g/mol. The lowest BCUT2D eigenvalue weighted by Crippen LogP contribution is -2.30. The van der Waals surface area contributed by atoms with Crippen LogP contribution in [0.1, 0.15) is 18.9 Å². The molecule has 0 fully saturated rings. The first-order valence-electron chi connectivity index (χ1n) is 5.17. The predicted octanol–water partition coefficient (Wildman–Crippen LogP) is 2.90. The van der Waals surface area contributed by atoms with E-state index >= 15 is 0 Å². The second-order valence-corrected chi connectivity index (χ2v) is 5.84. The van der Waals surface area contributed by atoms with Crippen LogP contribution in [0, 0.1) is 0 Å². The number of carbonyl (C=O) groups excluding carboxylic acids is 1. The van der Waals surface area contributed by atoms with E-state index < -0.39 is 0 Å². The Bertz CT molecular complexity index is 340. The summed E-state index contributed by atoms with van der Waals surface area (Å²) in [5, 5.41) is 2.10. The van der Waals surface area contributed by atoms with Crippen LogP contribution in [-0.2, 0) is 16.1 Å². The van der Waals surface area contributed by atoms with Gasteiger partial charge in [0.2, 0.25) is 0 Å². The van der Waals surface area contributed by atoms with Crippen molar-refractivity contribution in [3.63, 3.8) is 0 Å². The molecule has 0 bridgehead atoms. The van der Waals surface area contributed by atoms with E-state index in [2.05, 4.69) is 43.9 Å². The number of thiophene rings is 1. The molecule has 0 N–H and O–H groups in total. The number of rotatable bonds is 6. The fraction of sp³-hybridized carbons (Fsp3) is 0.545. The summed E-state index contributed by atoms with van der Waals surface area (Å²) in [4.78, 5) is 13.3. The molecular formula is C11H16BrNO2S. The number of ether oxygens (including phenoxy) is 1. The number of esters is 1. The Labute approximate surface area is 109 Å². The van der Waals surface area contributed by atoms with Gasteiger partial charge in [-0.25, -0.2) is 0 Å². The molecule has 5 heteroatoms. The molecule has 90 valence electrons. The van der Waals surface area contributed by atoms with Gasteiger partial charge in [0.1, 0.15) is 0 Å². The highest BCUT2D eigenvalue weighted by Crippen LogP contribution is 2.21. The zero-order valence-corrected chi connectivity index (χ0v) is 11.9. The van der Waals surface area contributed by atoms with Crippen molar-refractivity contribution in [1.29, 1.82) is 0 Å². The van der Waals surface area contributed by atoms with Crippen LogP contribution >= 0.6 is 27.3 Å². The maximum Gasteiger partial charge on any atom is 0.319 e. The molecule has 0 radical (unpaired) electrons. The van der Waals surface area contributed by atoms with E-state index in [1.54, 1.807) is 11.3 Å². The molecule has 0 aliphatic heterocycles. The van der Waals surface area contributed by atoms with Crippen molar-refractivity contribution in [2.45, 2.75) is 19.9 Å². The number of carbonyl (C=O) groups is 1. The van der Waals surface area contributed by atoms with Gasteiger partial charge in [-0.1, -0.05) is 6.92 Å². The lowest BCUT2D eigenvalue weighted by molar-refractivity contribution is -0.142. The minimum atomic E-state index is -0.178. The summed E-state index contributed by atoms with van der Waals surface area (Å²) in [6, 6.07) is 2.09. The SMILES string of the molecule is CCCN(CC(=O)OC)Cc1csc(Br)c1. The quantitative estimate of drug-likeness (QED) is 0.757. The van der Waals surface area contributed by atoms with Gasteiger partial charge < -0.3 is 4.74 Å². The number of hydrogen-bond acceptors (Lipinski definition) is 4. The fourth-order valence-corrected chi connectivity index (χ4v) is 2.66. The number of hydrogen-bond donors (Lipinski definition) is 0. The van der Waals surface area contributed by atoms with Gasteiger partial charge in [-0.3, -0.25) is 9.69 Å². The molecule has 0 atom stereocenters. The van der Waals surface area contributed by atoms with Crippen LogP contribution in [-0.4, -0.2) is 31.1 Å². The standard InChI is InChI=1S/C11H16BrNO2S/c1-3-4-13(7-11(14)15-2)6-9-5-10(12)16-8-9/h5,8H,3-4,6-7H2,1-2H3. The zero-order valence-electron chi connectivity index (χ0n) is 9.53. The molecule has 1 rings (SSSR count). The molecule has 0 unspecified atom stereocenters. The first-order valence-corrected chi connectivity index (χ1v) is 6.85. The van der Waals surface area contributed by atoms with E-state index in [1.165, 1.54) is 12.7 Å². The molecule has 0 aliphatic carbocycles. The van der Waals surface area contributed by atoms with Crippen molar-refractivity contribution in [1.82, 2.24) is 4.90 Å². The second-order valence-electron chi connectivity index (χ2n) is 3.55. The van der Waals surface area contributed by atoms with Gasteiger partial charge in [-0.05, 0) is 45.9 Å². The average Bonchev–Trinajstić information content (AvgIpc) is 2.64. The third-order valence-electron chi connectivity index (χ3n) is 2.15. The minimum Gasteiger partial charge on any atom is -0.468 e. The first kappa shape index (κ1) is 13.7. The highest BCUT2D eigenvalue weighted by molar-refractivity contribution is 9.11. The Hall–Kier alpha value is -0.390. The summed E-state index contributed by atoms with van der Waals surface area (Å²) in [7, 11) is 1.42. The van der Waals surface area contributed by atoms with E-state index in [1.807, 2.05) is 0 Å². The normalized spacial score (nSPS) is 10.8. The largest absolute Gasteiger partial charge is 0.468 e. The van der Waals surface area contributed by atoms with Crippen LogP contribution in [0.4, 0.5) is 0 Å². The second kappa shape index (κ2) is 7.04. The maximum atomic E-state index is 11.2. The van der Waals surface area contributed by atoms with Crippen molar-refractivity contribution in [3.05, 3.63) is 20.8 Å². The molecule has 0 amide bonds. The Morgan fingerprint density at radius 3 is 2.88 bits per heavy atom. The molecule has 0 saturated carbocycles. The number of methoxy groups -OCH3 is 1. The third kappa shape index (κ3) is 4.63. The van der Waals surface area contributed by atoms with E-state index in [0.29, 0.717) is 6.54 Å². The van der Waals surface area contributed by atoms with E-state index in [-0.39, 0.29) is 5.97 Å². The number of nitrogens with zero attached hydrogens (tertiary/aromatic N) is 1. The highest BCUT2D eigenvalue weighted by Gasteiger charge is 2.11. The van der Waals surface area contributed by atoms with Gasteiger partial charge >= 0.3 is 5.97 Å². The number of halogens is 1. The van der Waals surface area contributed by atoms with Crippen molar-refractivity contribution in [2.75, 3.05) is 20.2 Å². The zero-order chi connectivity index (χ0) is 12.0. The van der Waals surface area contributed by atoms with Crippen molar-refractivity contribution >= 4 is 33.2 Å². The van der Waals surface area contributed by atoms with Crippen molar-refractivity contribution in [2.24, 2.45) is 0 Å².